The molecule has 2 N–H and O–H groups in total. The van der Waals surface area contributed by atoms with Gasteiger partial charge in [-0.3, -0.25) is 9.69 Å². The average molecular weight is 879 g/mol. The first-order valence-corrected chi connectivity index (χ1v) is 19.2. The fourth-order valence-corrected chi connectivity index (χ4v) is 7.37. The van der Waals surface area contributed by atoms with E-state index in [1.54, 1.807) is 24.8 Å². The van der Waals surface area contributed by atoms with Crippen LogP contribution in [0.2, 0.25) is 5.02 Å². The van der Waals surface area contributed by atoms with Crippen molar-refractivity contribution in [3.8, 4) is 5.75 Å². The largest absolute Gasteiger partial charge is 0.492 e. The summed E-state index contributed by atoms with van der Waals surface area (Å²) in [6, 6.07) is 19.3. The number of hydrogen-bond acceptors (Lipinski definition) is 5. The lowest BCUT2D eigenvalue weighted by atomic mass is 9.81. The summed E-state index contributed by atoms with van der Waals surface area (Å²) >= 11 is 28.4. The molecule has 52 heavy (non-hydrogen) atoms. The molecule has 1 aliphatic carbocycles. The van der Waals surface area contributed by atoms with Gasteiger partial charge in [0.25, 0.3) is 0 Å². The van der Waals surface area contributed by atoms with Crippen LogP contribution in [0.25, 0.3) is 5.57 Å². The van der Waals surface area contributed by atoms with Gasteiger partial charge < -0.3 is 20.1 Å². The Balaban J connectivity index is 0.00000523. The van der Waals surface area contributed by atoms with Gasteiger partial charge in [-0.2, -0.15) is 0 Å². The number of rotatable bonds is 11. The quantitative estimate of drug-likeness (QED) is 0.148. The van der Waals surface area contributed by atoms with Gasteiger partial charge in [0, 0.05) is 35.3 Å². The molecule has 2 atom stereocenters. The minimum atomic E-state index is -1.87. The van der Waals surface area contributed by atoms with Crippen molar-refractivity contribution in [2.75, 3.05) is 19.7 Å². The molecule has 3 aliphatic rings. The molecule has 2 heterocycles. The van der Waals surface area contributed by atoms with Gasteiger partial charge in [-0.25, -0.2) is 9.18 Å². The van der Waals surface area contributed by atoms with E-state index < -0.39 is 27.1 Å². The smallest absolute Gasteiger partial charge is 0.411 e. The summed E-state index contributed by atoms with van der Waals surface area (Å²) in [5.41, 5.74) is 2.51. The van der Waals surface area contributed by atoms with E-state index in [2.05, 4.69) is 26.6 Å². The van der Waals surface area contributed by atoms with E-state index in [4.69, 9.17) is 55.9 Å². The van der Waals surface area contributed by atoms with Crippen LogP contribution < -0.4 is 15.4 Å². The molecule has 6 rings (SSSR count). The van der Waals surface area contributed by atoms with Gasteiger partial charge in [-0.15, -0.1) is 12.4 Å². The number of benzene rings is 3. The molecular weight excluding hydrogens is 839 g/mol. The van der Waals surface area contributed by atoms with E-state index in [1.807, 2.05) is 48.5 Å². The Hall–Kier alpha value is -2.24. The van der Waals surface area contributed by atoms with Crippen LogP contribution in [0, 0.1) is 5.82 Å². The number of carbonyl (C=O) groups excluding carboxylic acids is 2. The number of ether oxygens (including phenoxy) is 2. The van der Waals surface area contributed by atoms with Crippen LogP contribution in [0.15, 0.2) is 76.8 Å². The number of nitrogens with zero attached hydrogens (tertiary/aromatic N) is 1. The zero-order valence-corrected chi connectivity index (χ0v) is 34.1. The zero-order chi connectivity index (χ0) is 36.6. The summed E-state index contributed by atoms with van der Waals surface area (Å²) in [6.45, 7) is 4.37. The molecule has 2 aliphatic heterocycles. The highest BCUT2D eigenvalue weighted by atomic mass is 79.9. The first kappa shape index (κ1) is 40.9. The molecule has 1 unspecified atom stereocenters. The Morgan fingerprint density at radius 3 is 2.44 bits per heavy atom. The summed E-state index contributed by atoms with van der Waals surface area (Å²) in [4.78, 5) is 30.0. The fraction of sp³-hybridized carbons (Fsp3) is 0.421. The van der Waals surface area contributed by atoms with Crippen molar-refractivity contribution in [2.45, 2.75) is 79.4 Å². The lowest BCUT2D eigenvalue weighted by Gasteiger charge is -2.48. The van der Waals surface area contributed by atoms with Gasteiger partial charge in [0.15, 0.2) is 5.60 Å². The summed E-state index contributed by atoms with van der Waals surface area (Å²) in [5, 5.41) is 7.42. The van der Waals surface area contributed by atoms with Gasteiger partial charge in [-0.05, 0) is 109 Å². The van der Waals surface area contributed by atoms with Crippen LogP contribution in [0.4, 0.5) is 9.18 Å². The molecule has 7 nitrogen and oxygen atoms in total. The van der Waals surface area contributed by atoms with Crippen molar-refractivity contribution in [3.05, 3.63) is 104 Å². The second-order valence-electron chi connectivity index (χ2n) is 13.9. The van der Waals surface area contributed by atoms with Crippen molar-refractivity contribution in [1.82, 2.24) is 15.5 Å². The number of aryl methyl sites for hydroxylation is 1. The number of nitrogens with one attached hydrogen (secondary N) is 2. The molecule has 0 spiro atoms. The Labute approximate surface area is 338 Å². The molecule has 2 fully saturated rings. The zero-order valence-electron chi connectivity index (χ0n) is 28.6. The minimum absolute atomic E-state index is 0. The highest BCUT2D eigenvalue weighted by Gasteiger charge is 2.51. The van der Waals surface area contributed by atoms with Crippen molar-refractivity contribution in [3.63, 3.8) is 0 Å². The van der Waals surface area contributed by atoms with Gasteiger partial charge in [-0.1, -0.05) is 88.9 Å². The summed E-state index contributed by atoms with van der Waals surface area (Å²) in [5.74, 6) is -0.118. The van der Waals surface area contributed by atoms with E-state index in [-0.39, 0.29) is 30.2 Å². The van der Waals surface area contributed by atoms with Gasteiger partial charge in [0.1, 0.15) is 11.6 Å². The topological polar surface area (TPSA) is 79.9 Å². The van der Waals surface area contributed by atoms with Crippen molar-refractivity contribution in [1.29, 1.82) is 0 Å². The van der Waals surface area contributed by atoms with Crippen molar-refractivity contribution < 1.29 is 23.5 Å². The van der Waals surface area contributed by atoms with Gasteiger partial charge >= 0.3 is 6.09 Å². The molecule has 1 saturated heterocycles. The van der Waals surface area contributed by atoms with Crippen LogP contribution in [-0.4, -0.2) is 63.6 Å². The lowest BCUT2D eigenvalue weighted by molar-refractivity contribution is -0.119. The Morgan fingerprint density at radius 1 is 1.06 bits per heavy atom. The number of amides is 2. The SMILES string of the molecule is CC(C)(OC(=O)N1C2CNC[C@@H]1C(C(=O)NC1(Cc3ccccc3Cl)CC1)=C(c1ccc(CCCOc3cc(F)ccc3Br)cc1)C2)C(Cl)(Cl)Cl.Cl. The summed E-state index contributed by atoms with van der Waals surface area (Å²) in [7, 11) is 0. The third-order valence-corrected chi connectivity index (χ3v) is 12.2. The summed E-state index contributed by atoms with van der Waals surface area (Å²) in [6.07, 6.45) is 3.48. The Kier molecular flexibility index (Phi) is 13.1. The number of fused-ring (bicyclic) bond motifs is 2. The number of hydrogen-bond donors (Lipinski definition) is 2. The van der Waals surface area contributed by atoms with E-state index in [1.165, 1.54) is 12.1 Å². The van der Waals surface area contributed by atoms with E-state index >= 15 is 0 Å². The number of alkyl halides is 3. The number of halogens is 7. The minimum Gasteiger partial charge on any atom is -0.492 e. The van der Waals surface area contributed by atoms with Crippen LogP contribution in [-0.2, 0) is 22.4 Å². The molecule has 0 radical (unpaired) electrons. The second-order valence-corrected chi connectivity index (χ2v) is 17.5. The predicted octanol–water partition coefficient (Wildman–Crippen LogP) is 9.65. The molecule has 1 saturated carbocycles. The first-order valence-electron chi connectivity index (χ1n) is 16.9. The lowest BCUT2D eigenvalue weighted by Crippen LogP contribution is -2.64. The highest BCUT2D eigenvalue weighted by Crippen LogP contribution is 2.44. The third-order valence-electron chi connectivity index (χ3n) is 9.81. The molecule has 2 amide bonds. The molecule has 0 aromatic heterocycles. The van der Waals surface area contributed by atoms with Crippen molar-refractivity contribution >= 4 is 92.3 Å². The molecular formula is C38H40BrCl5FN3O4. The number of carbonyl (C=O) groups is 2. The molecule has 2 bridgehead atoms. The molecule has 3 aromatic rings. The molecule has 280 valence electrons. The maximum absolute atomic E-state index is 14.5. The predicted molar refractivity (Wildman–Crippen MR) is 212 cm³/mol. The maximum atomic E-state index is 14.5. The Morgan fingerprint density at radius 2 is 1.77 bits per heavy atom. The van der Waals surface area contributed by atoms with E-state index in [9.17, 15) is 14.0 Å². The summed E-state index contributed by atoms with van der Waals surface area (Å²) < 4.78 is 24.1. The first-order chi connectivity index (χ1) is 24.2. The maximum Gasteiger partial charge on any atom is 0.411 e. The Bertz CT molecular complexity index is 1820. The van der Waals surface area contributed by atoms with Gasteiger partial charge in [0.2, 0.25) is 9.70 Å². The monoisotopic (exact) mass is 875 g/mol. The second kappa shape index (κ2) is 16.6. The van der Waals surface area contributed by atoms with Crippen LogP contribution in [0.3, 0.4) is 0 Å². The number of piperazine rings is 1. The standard InChI is InChI=1S/C38H39BrCl4FN3O4.ClH/c1-36(2,38(41,42)43)51-35(49)47-27-19-28(24-11-9-23(10-12-24)6-5-17-50-32-18-26(44)13-14-29(32)39)33(31(47)22-45-21-27)34(48)46-37(15-16-37)20-25-7-3-4-8-30(25)40;/h3-4,7-14,18,27,31,45H,5-6,15-17,19-22H2,1-2H3,(H,46,48);1H/t27?,31-;/m1./s1. The molecule has 3 aromatic carbocycles. The normalized spacial score (nSPS) is 19.4. The third kappa shape index (κ3) is 9.34. The highest BCUT2D eigenvalue weighted by molar-refractivity contribution is 9.10. The molecule has 14 heteroatoms. The fourth-order valence-electron chi connectivity index (χ4n) is 6.69. The average Bonchev–Trinajstić information content (AvgIpc) is 3.83. The van der Waals surface area contributed by atoms with Crippen molar-refractivity contribution in [2.24, 2.45) is 0 Å². The van der Waals surface area contributed by atoms with Gasteiger partial charge in [0.05, 0.1) is 23.2 Å². The van der Waals surface area contributed by atoms with Crippen LogP contribution in [0.1, 0.15) is 56.2 Å². The van der Waals surface area contributed by atoms with E-state index in [0.717, 1.165) is 47.9 Å². The van der Waals surface area contributed by atoms with Crippen LogP contribution >= 0.6 is 74.7 Å². The van der Waals surface area contributed by atoms with E-state index in [0.29, 0.717) is 53.4 Å². The van der Waals surface area contributed by atoms with Crippen LogP contribution in [0.5, 0.6) is 5.75 Å².